The SMILES string of the molecule is C[C@H]1CCCN1C(=O)c1nc(C(=O)NCC(C)(C)O)sc1-c1cnc(N[C@H]2CCCC2(F)F)cc1C(F)(F)F. The highest BCUT2D eigenvalue weighted by Crippen LogP contribution is 2.43. The fraction of sp³-hybridized carbons (Fsp3) is 0.600. The summed E-state index contributed by atoms with van der Waals surface area (Å²) in [6.07, 6.45) is -2.68. The Morgan fingerprint density at radius 3 is 2.51 bits per heavy atom. The molecule has 2 amide bonds. The minimum atomic E-state index is -4.93. The van der Waals surface area contributed by atoms with Crippen molar-refractivity contribution in [1.82, 2.24) is 20.2 Å². The summed E-state index contributed by atoms with van der Waals surface area (Å²) in [5, 5.41) is 14.6. The first-order chi connectivity index (χ1) is 18.1. The minimum Gasteiger partial charge on any atom is -0.389 e. The lowest BCUT2D eigenvalue weighted by atomic mass is 10.1. The molecule has 1 aliphatic carbocycles. The van der Waals surface area contributed by atoms with Crippen molar-refractivity contribution in [2.45, 2.75) is 82.7 Å². The van der Waals surface area contributed by atoms with Crippen molar-refractivity contribution < 1.29 is 36.6 Å². The molecule has 1 aliphatic heterocycles. The van der Waals surface area contributed by atoms with Gasteiger partial charge in [0, 0.05) is 37.3 Å². The number of alkyl halides is 5. The summed E-state index contributed by atoms with van der Waals surface area (Å²) in [7, 11) is 0. The number of carbonyl (C=O) groups excluding carboxylic acids is 2. The molecular weight excluding hydrogens is 545 g/mol. The van der Waals surface area contributed by atoms with Gasteiger partial charge in [-0.05, 0) is 52.5 Å². The van der Waals surface area contributed by atoms with Gasteiger partial charge in [-0.15, -0.1) is 11.3 Å². The zero-order valence-electron chi connectivity index (χ0n) is 21.7. The number of thiazole rings is 1. The van der Waals surface area contributed by atoms with Crippen LogP contribution in [-0.4, -0.2) is 68.5 Å². The molecule has 3 heterocycles. The fourth-order valence-corrected chi connectivity index (χ4v) is 5.72. The highest BCUT2D eigenvalue weighted by molar-refractivity contribution is 7.17. The maximum Gasteiger partial charge on any atom is 0.417 e. The number of pyridine rings is 1. The summed E-state index contributed by atoms with van der Waals surface area (Å²) in [6.45, 7) is 4.97. The quantitative estimate of drug-likeness (QED) is 0.404. The monoisotopic (exact) mass is 575 g/mol. The second kappa shape index (κ2) is 10.6. The van der Waals surface area contributed by atoms with Crippen molar-refractivity contribution in [3.8, 4) is 10.4 Å². The lowest BCUT2D eigenvalue weighted by Gasteiger charge is -2.22. The first kappa shape index (κ1) is 29.1. The molecule has 0 aromatic carbocycles. The molecule has 4 rings (SSSR count). The molecule has 0 bridgehead atoms. The van der Waals surface area contributed by atoms with E-state index in [0.717, 1.165) is 6.20 Å². The van der Waals surface area contributed by atoms with Gasteiger partial charge in [-0.25, -0.2) is 18.7 Å². The van der Waals surface area contributed by atoms with Crippen molar-refractivity contribution in [2.75, 3.05) is 18.4 Å². The van der Waals surface area contributed by atoms with Crippen LogP contribution in [0.2, 0.25) is 0 Å². The summed E-state index contributed by atoms with van der Waals surface area (Å²) in [4.78, 5) is 35.6. The average molecular weight is 576 g/mol. The van der Waals surface area contributed by atoms with Gasteiger partial charge < -0.3 is 20.6 Å². The average Bonchev–Trinajstić information content (AvgIpc) is 3.54. The standard InChI is InChI=1S/C25H30F5N5O3S/c1-13-6-5-9-35(13)22(37)18-19(39-21(34-18)20(36)32-12-23(2,3)38)14-11-31-17(10-15(14)25(28,29)30)33-16-7-4-8-24(16,26)27/h10-11,13,16,38H,4-9,12H2,1-3H3,(H,31,33)(H,32,36)/t13-,16-/m0/s1. The summed E-state index contributed by atoms with van der Waals surface area (Å²) >= 11 is 0.596. The molecule has 214 valence electrons. The molecule has 3 N–H and O–H groups in total. The van der Waals surface area contributed by atoms with Crippen molar-refractivity contribution >= 4 is 29.0 Å². The number of aromatic nitrogens is 2. The second-order valence-electron chi connectivity index (χ2n) is 10.6. The predicted octanol–water partition coefficient (Wildman–Crippen LogP) is 4.95. The molecule has 2 aliphatic rings. The van der Waals surface area contributed by atoms with Gasteiger partial charge in [-0.3, -0.25) is 9.59 Å². The van der Waals surface area contributed by atoms with Crippen LogP contribution in [0.3, 0.4) is 0 Å². The maximum absolute atomic E-state index is 14.3. The Bertz CT molecular complexity index is 1240. The first-order valence-electron chi connectivity index (χ1n) is 12.6. The van der Waals surface area contributed by atoms with E-state index in [-0.39, 0.29) is 53.2 Å². The number of anilines is 1. The number of hydrogen-bond donors (Lipinski definition) is 3. The minimum absolute atomic E-state index is 0.0857. The molecule has 14 heteroatoms. The molecule has 2 aromatic heterocycles. The van der Waals surface area contributed by atoms with Crippen LogP contribution in [0.1, 0.15) is 78.7 Å². The third-order valence-electron chi connectivity index (χ3n) is 6.81. The van der Waals surface area contributed by atoms with Gasteiger partial charge in [0.15, 0.2) is 5.01 Å². The lowest BCUT2D eigenvalue weighted by Crippen LogP contribution is -2.38. The van der Waals surface area contributed by atoms with E-state index in [9.17, 15) is 36.6 Å². The van der Waals surface area contributed by atoms with Crippen molar-refractivity contribution in [3.05, 3.63) is 28.5 Å². The number of nitrogens with zero attached hydrogens (tertiary/aromatic N) is 3. The van der Waals surface area contributed by atoms with Crippen LogP contribution in [0.25, 0.3) is 10.4 Å². The molecule has 2 atom stereocenters. The fourth-order valence-electron chi connectivity index (χ4n) is 4.72. The summed E-state index contributed by atoms with van der Waals surface area (Å²) < 4.78 is 71.0. The highest BCUT2D eigenvalue weighted by atomic mass is 32.1. The third-order valence-corrected chi connectivity index (χ3v) is 7.90. The van der Waals surface area contributed by atoms with Crippen LogP contribution in [0, 0.1) is 0 Å². The molecule has 2 fully saturated rings. The van der Waals surface area contributed by atoms with Gasteiger partial charge in [0.05, 0.1) is 22.1 Å². The van der Waals surface area contributed by atoms with Gasteiger partial charge in [0.2, 0.25) is 0 Å². The smallest absolute Gasteiger partial charge is 0.389 e. The van der Waals surface area contributed by atoms with Gasteiger partial charge in [-0.1, -0.05) is 0 Å². The Kier molecular flexibility index (Phi) is 7.92. The zero-order valence-corrected chi connectivity index (χ0v) is 22.5. The van der Waals surface area contributed by atoms with Crippen LogP contribution >= 0.6 is 11.3 Å². The van der Waals surface area contributed by atoms with Gasteiger partial charge in [0.25, 0.3) is 17.7 Å². The normalized spacial score (nSPS) is 21.3. The highest BCUT2D eigenvalue weighted by Gasteiger charge is 2.44. The van der Waals surface area contributed by atoms with E-state index in [2.05, 4.69) is 20.6 Å². The summed E-state index contributed by atoms with van der Waals surface area (Å²) in [6, 6.07) is -0.871. The van der Waals surface area contributed by atoms with E-state index < -0.39 is 46.7 Å². The zero-order chi connectivity index (χ0) is 28.8. The topological polar surface area (TPSA) is 107 Å². The molecule has 0 unspecified atom stereocenters. The number of carbonyl (C=O) groups is 2. The van der Waals surface area contributed by atoms with E-state index in [4.69, 9.17) is 0 Å². The Morgan fingerprint density at radius 1 is 1.23 bits per heavy atom. The van der Waals surface area contributed by atoms with Crippen molar-refractivity contribution in [1.29, 1.82) is 0 Å². The van der Waals surface area contributed by atoms with Gasteiger partial charge >= 0.3 is 6.18 Å². The van der Waals surface area contributed by atoms with Crippen LogP contribution in [0.4, 0.5) is 27.8 Å². The molecule has 8 nitrogen and oxygen atoms in total. The number of rotatable bonds is 7. The van der Waals surface area contributed by atoms with E-state index in [1.807, 2.05) is 6.92 Å². The number of likely N-dealkylation sites (tertiary alicyclic amines) is 1. The lowest BCUT2D eigenvalue weighted by molar-refractivity contribution is -0.137. The maximum atomic E-state index is 14.3. The molecule has 0 spiro atoms. The van der Waals surface area contributed by atoms with Crippen LogP contribution in [0.15, 0.2) is 12.3 Å². The van der Waals surface area contributed by atoms with Crippen LogP contribution in [-0.2, 0) is 6.18 Å². The number of amides is 2. The van der Waals surface area contributed by atoms with E-state index >= 15 is 0 Å². The number of hydrogen-bond acceptors (Lipinski definition) is 7. The summed E-state index contributed by atoms with van der Waals surface area (Å²) in [5.74, 6) is -4.83. The molecule has 1 saturated heterocycles. The Balaban J connectivity index is 1.77. The van der Waals surface area contributed by atoms with E-state index in [0.29, 0.717) is 36.8 Å². The largest absolute Gasteiger partial charge is 0.417 e. The number of aliphatic hydroxyl groups is 1. The molecule has 1 saturated carbocycles. The first-order valence-corrected chi connectivity index (χ1v) is 13.4. The van der Waals surface area contributed by atoms with Crippen molar-refractivity contribution in [2.24, 2.45) is 0 Å². The Labute approximate surface area is 226 Å². The summed E-state index contributed by atoms with van der Waals surface area (Å²) in [5.41, 5.74) is -3.26. The van der Waals surface area contributed by atoms with E-state index in [1.165, 1.54) is 18.7 Å². The van der Waals surface area contributed by atoms with Crippen LogP contribution < -0.4 is 10.6 Å². The molecule has 0 radical (unpaired) electrons. The Hall–Kier alpha value is -2.87. The molecule has 39 heavy (non-hydrogen) atoms. The predicted molar refractivity (Wildman–Crippen MR) is 135 cm³/mol. The molecule has 2 aromatic rings. The van der Waals surface area contributed by atoms with Gasteiger partial charge in [0.1, 0.15) is 11.5 Å². The third kappa shape index (κ3) is 6.48. The number of halogens is 5. The van der Waals surface area contributed by atoms with Crippen LogP contribution in [0.5, 0.6) is 0 Å². The molecular formula is C25H30F5N5O3S. The van der Waals surface area contributed by atoms with E-state index in [1.54, 1.807) is 0 Å². The number of nitrogens with one attached hydrogen (secondary N) is 2. The Morgan fingerprint density at radius 2 is 1.95 bits per heavy atom. The van der Waals surface area contributed by atoms with Gasteiger partial charge in [-0.2, -0.15) is 13.2 Å². The van der Waals surface area contributed by atoms with Crippen molar-refractivity contribution in [3.63, 3.8) is 0 Å². The second-order valence-corrected chi connectivity index (χ2v) is 11.6.